The monoisotopic (exact) mass is 195 g/mol. The summed E-state index contributed by atoms with van der Waals surface area (Å²) < 4.78 is 0. The van der Waals surface area contributed by atoms with Crippen molar-refractivity contribution >= 4 is 5.84 Å². The number of rotatable bonds is 4. The van der Waals surface area contributed by atoms with Crippen molar-refractivity contribution in [2.24, 2.45) is 10.7 Å². The van der Waals surface area contributed by atoms with Gasteiger partial charge in [-0.2, -0.15) is 0 Å². The van der Waals surface area contributed by atoms with Crippen molar-refractivity contribution < 1.29 is 5.21 Å². The summed E-state index contributed by atoms with van der Waals surface area (Å²) >= 11 is 0. The van der Waals surface area contributed by atoms with Crippen LogP contribution in [0.4, 0.5) is 0 Å². The number of amidine groups is 1. The normalized spacial score (nSPS) is 14.3. The molecule has 78 valence electrons. The summed E-state index contributed by atoms with van der Waals surface area (Å²) in [5, 5.41) is 8.64. The summed E-state index contributed by atoms with van der Waals surface area (Å²) in [4.78, 5) is 4.09. The van der Waals surface area contributed by atoms with Crippen LogP contribution in [0.3, 0.4) is 0 Å². The Morgan fingerprint density at radius 1 is 1.43 bits per heavy atom. The van der Waals surface area contributed by atoms with Crippen LogP contribution in [0.25, 0.3) is 0 Å². The molecular weight excluding hydrogens is 178 g/mol. The fourth-order valence-corrected chi connectivity index (χ4v) is 0.768. The van der Waals surface area contributed by atoms with Gasteiger partial charge in [0.2, 0.25) is 0 Å². The van der Waals surface area contributed by atoms with E-state index in [1.54, 1.807) is 0 Å². The van der Waals surface area contributed by atoms with Gasteiger partial charge < -0.3 is 5.73 Å². The van der Waals surface area contributed by atoms with E-state index in [1.807, 2.05) is 49.7 Å². The zero-order valence-electron chi connectivity index (χ0n) is 8.57. The first-order valence-corrected chi connectivity index (χ1v) is 4.41. The number of allylic oxidation sites excluding steroid dienone is 5. The minimum absolute atomic E-state index is 0.168. The number of hydroxylamine groups is 1. The van der Waals surface area contributed by atoms with E-state index in [2.05, 4.69) is 4.99 Å². The van der Waals surface area contributed by atoms with Gasteiger partial charge in [0.05, 0.1) is 12.2 Å². The van der Waals surface area contributed by atoms with Gasteiger partial charge in [-0.05, 0) is 26.0 Å². The summed E-state index contributed by atoms with van der Waals surface area (Å²) in [6.45, 7) is 3.98. The smallest absolute Gasteiger partial charge is 0.139 e. The highest BCUT2D eigenvalue weighted by atomic mass is 16.5. The van der Waals surface area contributed by atoms with Gasteiger partial charge in [-0.25, -0.2) is 4.99 Å². The highest BCUT2D eigenvalue weighted by Gasteiger charge is 1.93. The summed E-state index contributed by atoms with van der Waals surface area (Å²) in [7, 11) is 0. The Morgan fingerprint density at radius 2 is 2.14 bits per heavy atom. The quantitative estimate of drug-likeness (QED) is 0.274. The Morgan fingerprint density at radius 3 is 2.57 bits per heavy atom. The molecule has 0 radical (unpaired) electrons. The Labute approximate surface area is 84.5 Å². The molecule has 0 aliphatic heterocycles. The van der Waals surface area contributed by atoms with E-state index in [-0.39, 0.29) is 6.54 Å². The van der Waals surface area contributed by atoms with E-state index < -0.39 is 0 Å². The minimum Gasteiger partial charge on any atom is -0.324 e. The van der Waals surface area contributed by atoms with Crippen molar-refractivity contribution in [1.29, 1.82) is 0 Å². The molecule has 0 fully saturated rings. The molecule has 0 aromatic heterocycles. The van der Waals surface area contributed by atoms with Crippen molar-refractivity contribution in [2.45, 2.75) is 13.8 Å². The number of nitrogens with two attached hydrogens (primary N) is 1. The third-order valence-corrected chi connectivity index (χ3v) is 1.38. The van der Waals surface area contributed by atoms with Crippen molar-refractivity contribution in [3.63, 3.8) is 0 Å². The highest BCUT2D eigenvalue weighted by molar-refractivity contribution is 5.84. The highest BCUT2D eigenvalue weighted by Crippen LogP contribution is 2.00. The van der Waals surface area contributed by atoms with E-state index in [1.165, 1.54) is 0 Å². The molecule has 0 spiro atoms. The molecule has 0 aromatic rings. The van der Waals surface area contributed by atoms with Crippen LogP contribution < -0.4 is 11.2 Å². The lowest BCUT2D eigenvalue weighted by molar-refractivity contribution is 0.233. The summed E-state index contributed by atoms with van der Waals surface area (Å²) in [5.74, 6) is 0.332. The number of hydrogen-bond acceptors (Lipinski definition) is 3. The average molecular weight is 195 g/mol. The van der Waals surface area contributed by atoms with Crippen molar-refractivity contribution in [3.8, 4) is 0 Å². The molecule has 0 saturated heterocycles. The second-order valence-electron chi connectivity index (χ2n) is 2.49. The molecule has 0 aromatic carbocycles. The molecule has 0 aliphatic carbocycles. The van der Waals surface area contributed by atoms with E-state index in [0.29, 0.717) is 5.84 Å². The summed E-state index contributed by atoms with van der Waals surface area (Å²) in [5.41, 5.74) is 8.01. The number of aliphatic imine (C=N–C) groups is 1. The Balaban J connectivity index is 4.74. The van der Waals surface area contributed by atoms with Gasteiger partial charge in [0.25, 0.3) is 0 Å². The molecule has 0 amide bonds. The predicted octanol–water partition coefficient (Wildman–Crippen LogP) is 1.36. The topological polar surface area (TPSA) is 70.6 Å². The van der Waals surface area contributed by atoms with E-state index in [9.17, 15) is 0 Å². The van der Waals surface area contributed by atoms with Crippen LogP contribution in [0.1, 0.15) is 13.8 Å². The van der Waals surface area contributed by atoms with Crippen LogP contribution in [0.5, 0.6) is 0 Å². The third kappa shape index (κ3) is 5.29. The molecule has 0 aliphatic rings. The molecule has 0 bridgehead atoms. The predicted molar refractivity (Wildman–Crippen MR) is 59.1 cm³/mol. The molecular formula is C10H17N3O. The third-order valence-electron chi connectivity index (χ3n) is 1.38. The molecule has 0 rings (SSSR count). The van der Waals surface area contributed by atoms with Crippen LogP contribution in [-0.4, -0.2) is 17.6 Å². The van der Waals surface area contributed by atoms with Gasteiger partial charge in [0.15, 0.2) is 0 Å². The van der Waals surface area contributed by atoms with E-state index in [4.69, 9.17) is 10.9 Å². The van der Waals surface area contributed by atoms with Crippen LogP contribution in [-0.2, 0) is 0 Å². The Kier molecular flexibility index (Phi) is 7.40. The lowest BCUT2D eigenvalue weighted by Gasteiger charge is -2.00. The largest absolute Gasteiger partial charge is 0.324 e. The molecule has 0 atom stereocenters. The van der Waals surface area contributed by atoms with Crippen molar-refractivity contribution in [1.82, 2.24) is 5.48 Å². The van der Waals surface area contributed by atoms with Gasteiger partial charge >= 0.3 is 0 Å². The number of hydrogen-bond donors (Lipinski definition) is 3. The molecule has 0 heterocycles. The maximum absolute atomic E-state index is 8.64. The van der Waals surface area contributed by atoms with E-state index >= 15 is 0 Å². The summed E-state index contributed by atoms with van der Waals surface area (Å²) in [6.07, 6.45) is 9.28. The average Bonchev–Trinajstić information content (AvgIpc) is 2.22. The van der Waals surface area contributed by atoms with E-state index in [0.717, 1.165) is 5.70 Å². The molecule has 4 nitrogen and oxygen atoms in total. The van der Waals surface area contributed by atoms with Gasteiger partial charge in [0, 0.05) is 0 Å². The standard InChI is InChI=1S/C10H17N3O/c1-3-5-7-9(6-4-2)12-10(8-11)13-14/h3-7,14H,8,11H2,1-2H3,(H,12,13)/b5-3-,6-4-,9-7+. The molecule has 4 N–H and O–H groups in total. The van der Waals surface area contributed by atoms with Crippen LogP contribution in [0.2, 0.25) is 0 Å². The SMILES string of the molecule is C\C=C/C=C(\C=C/C)N=C(CN)NO. The molecule has 0 unspecified atom stereocenters. The van der Waals surface area contributed by atoms with Crippen LogP contribution >= 0.6 is 0 Å². The Hall–Kier alpha value is -1.39. The fourth-order valence-electron chi connectivity index (χ4n) is 0.768. The molecule has 14 heavy (non-hydrogen) atoms. The zero-order chi connectivity index (χ0) is 10.8. The maximum Gasteiger partial charge on any atom is 0.139 e. The zero-order valence-corrected chi connectivity index (χ0v) is 8.57. The minimum atomic E-state index is 0.168. The lowest BCUT2D eigenvalue weighted by Crippen LogP contribution is -2.27. The van der Waals surface area contributed by atoms with Gasteiger partial charge in [-0.15, -0.1) is 0 Å². The molecule has 4 heteroatoms. The second kappa shape index (κ2) is 8.22. The Bertz CT molecular complexity index is 259. The fraction of sp³-hybridized carbons (Fsp3) is 0.300. The second-order valence-corrected chi connectivity index (χ2v) is 2.49. The summed E-state index contributed by atoms with van der Waals surface area (Å²) in [6, 6.07) is 0. The first kappa shape index (κ1) is 12.6. The lowest BCUT2D eigenvalue weighted by atomic mass is 10.3. The number of nitrogens with one attached hydrogen (secondary N) is 1. The first-order chi connectivity index (χ1) is 6.78. The van der Waals surface area contributed by atoms with Crippen molar-refractivity contribution in [3.05, 3.63) is 36.1 Å². The van der Waals surface area contributed by atoms with Gasteiger partial charge in [-0.1, -0.05) is 18.2 Å². The van der Waals surface area contributed by atoms with Gasteiger partial charge in [-0.3, -0.25) is 10.7 Å². The first-order valence-electron chi connectivity index (χ1n) is 4.41. The maximum atomic E-state index is 8.64. The van der Waals surface area contributed by atoms with Gasteiger partial charge in [0.1, 0.15) is 5.84 Å². The molecule has 0 saturated carbocycles. The number of nitrogens with zero attached hydrogens (tertiary/aromatic N) is 1. The van der Waals surface area contributed by atoms with Crippen molar-refractivity contribution in [2.75, 3.05) is 6.54 Å². The van der Waals surface area contributed by atoms with Crippen LogP contribution in [0.15, 0.2) is 41.1 Å². The van der Waals surface area contributed by atoms with Crippen LogP contribution in [0, 0.1) is 0 Å².